The highest BCUT2D eigenvalue weighted by Gasteiger charge is 2.50. The first kappa shape index (κ1) is 17.0. The molecule has 0 aromatic heterocycles. The second-order valence-corrected chi connectivity index (χ2v) is 9.42. The van der Waals surface area contributed by atoms with Crippen molar-refractivity contribution in [3.05, 3.63) is 30.3 Å². The van der Waals surface area contributed by atoms with E-state index in [4.69, 9.17) is 5.73 Å². The third-order valence-corrected chi connectivity index (χ3v) is 8.11. The van der Waals surface area contributed by atoms with E-state index in [0.29, 0.717) is 42.9 Å². The topological polar surface area (TPSA) is 83.7 Å². The molecular weight excluding hydrogens is 338 g/mol. The van der Waals surface area contributed by atoms with Gasteiger partial charge in [-0.3, -0.25) is 4.79 Å². The normalized spacial score (nSPS) is 32.9. The molecule has 1 aromatic carbocycles. The average molecular weight is 363 g/mol. The first-order chi connectivity index (χ1) is 12.0. The Bertz CT molecular complexity index is 742. The van der Waals surface area contributed by atoms with Gasteiger partial charge in [-0.05, 0) is 43.2 Å². The smallest absolute Gasteiger partial charge is 0.243 e. The maximum absolute atomic E-state index is 12.9. The van der Waals surface area contributed by atoms with E-state index in [-0.39, 0.29) is 17.9 Å². The number of fused-ring (bicyclic) bond motifs is 2. The molecule has 1 aromatic rings. The lowest BCUT2D eigenvalue weighted by Crippen LogP contribution is -2.54. The van der Waals surface area contributed by atoms with Gasteiger partial charge in [-0.15, -0.1) is 0 Å². The van der Waals surface area contributed by atoms with Gasteiger partial charge in [0.15, 0.2) is 0 Å². The van der Waals surface area contributed by atoms with Gasteiger partial charge < -0.3 is 10.6 Å². The van der Waals surface area contributed by atoms with Gasteiger partial charge in [0.25, 0.3) is 0 Å². The number of carbonyl (C=O) groups is 1. The van der Waals surface area contributed by atoms with Crippen LogP contribution in [0.3, 0.4) is 0 Å². The number of hydrogen-bond acceptors (Lipinski definition) is 4. The summed E-state index contributed by atoms with van der Waals surface area (Å²) in [4.78, 5) is 15.0. The molecule has 1 saturated heterocycles. The summed E-state index contributed by atoms with van der Waals surface area (Å²) in [5, 5.41) is 0. The van der Waals surface area contributed by atoms with Crippen molar-refractivity contribution < 1.29 is 13.2 Å². The molecule has 6 nitrogen and oxygen atoms in total. The van der Waals surface area contributed by atoms with Crippen LogP contribution in [0.4, 0.5) is 0 Å². The lowest BCUT2D eigenvalue weighted by atomic mass is 9.84. The van der Waals surface area contributed by atoms with Crippen molar-refractivity contribution in [2.24, 2.45) is 23.5 Å². The van der Waals surface area contributed by atoms with Gasteiger partial charge in [0.05, 0.1) is 10.8 Å². The molecule has 136 valence electrons. The first-order valence-corrected chi connectivity index (χ1v) is 10.5. The number of carbonyl (C=O) groups excluding carboxylic acids is 1. The van der Waals surface area contributed by atoms with Gasteiger partial charge in [-0.25, -0.2) is 8.42 Å². The van der Waals surface area contributed by atoms with Crippen LogP contribution in [0.2, 0.25) is 0 Å². The van der Waals surface area contributed by atoms with Gasteiger partial charge >= 0.3 is 0 Å². The molecule has 0 radical (unpaired) electrons. The molecule has 2 bridgehead atoms. The Morgan fingerprint density at radius 3 is 2.24 bits per heavy atom. The zero-order valence-electron chi connectivity index (χ0n) is 14.3. The number of rotatable bonds is 3. The van der Waals surface area contributed by atoms with Gasteiger partial charge in [0, 0.05) is 32.2 Å². The van der Waals surface area contributed by atoms with E-state index in [1.807, 2.05) is 4.90 Å². The molecule has 3 aliphatic rings. The summed E-state index contributed by atoms with van der Waals surface area (Å²) in [5.41, 5.74) is 6.29. The Kier molecular flexibility index (Phi) is 4.33. The number of amides is 1. The molecule has 1 heterocycles. The summed E-state index contributed by atoms with van der Waals surface area (Å²) in [5.74, 6) is 1.00. The Morgan fingerprint density at radius 1 is 1.00 bits per heavy atom. The summed E-state index contributed by atoms with van der Waals surface area (Å²) >= 11 is 0. The highest BCUT2D eigenvalue weighted by atomic mass is 32.2. The van der Waals surface area contributed by atoms with Crippen LogP contribution in [0.1, 0.15) is 19.3 Å². The van der Waals surface area contributed by atoms with Crippen molar-refractivity contribution >= 4 is 15.9 Å². The fraction of sp³-hybridized carbons (Fsp3) is 0.611. The van der Waals surface area contributed by atoms with Crippen LogP contribution in [-0.4, -0.2) is 55.8 Å². The minimum atomic E-state index is -3.48. The van der Waals surface area contributed by atoms with Gasteiger partial charge in [0.2, 0.25) is 15.9 Å². The van der Waals surface area contributed by atoms with Gasteiger partial charge in [0.1, 0.15) is 0 Å². The van der Waals surface area contributed by atoms with Crippen molar-refractivity contribution in [1.29, 1.82) is 0 Å². The predicted octanol–water partition coefficient (Wildman–Crippen LogP) is 0.893. The summed E-state index contributed by atoms with van der Waals surface area (Å²) in [7, 11) is -3.48. The lowest BCUT2D eigenvalue weighted by molar-refractivity contribution is -0.139. The number of sulfonamides is 1. The zero-order chi connectivity index (χ0) is 17.6. The molecule has 2 N–H and O–H groups in total. The number of piperazine rings is 1. The molecule has 2 aliphatic carbocycles. The third kappa shape index (κ3) is 2.88. The maximum atomic E-state index is 12.9. The molecule has 25 heavy (non-hydrogen) atoms. The monoisotopic (exact) mass is 363 g/mol. The first-order valence-electron chi connectivity index (χ1n) is 9.08. The average Bonchev–Trinajstić information content (AvgIpc) is 3.23. The van der Waals surface area contributed by atoms with E-state index in [1.165, 1.54) is 4.31 Å². The molecule has 4 unspecified atom stereocenters. The van der Waals surface area contributed by atoms with E-state index in [1.54, 1.807) is 30.3 Å². The lowest BCUT2D eigenvalue weighted by Gasteiger charge is -2.38. The summed E-state index contributed by atoms with van der Waals surface area (Å²) in [6.07, 6.45) is 3.34. The third-order valence-electron chi connectivity index (χ3n) is 6.20. The van der Waals surface area contributed by atoms with Gasteiger partial charge in [-0.1, -0.05) is 18.2 Å². The van der Waals surface area contributed by atoms with Crippen molar-refractivity contribution in [3.8, 4) is 0 Å². The van der Waals surface area contributed by atoms with Crippen molar-refractivity contribution in [3.63, 3.8) is 0 Å². The number of hydrogen-bond donors (Lipinski definition) is 1. The maximum Gasteiger partial charge on any atom is 0.243 e. The molecule has 3 fully saturated rings. The van der Waals surface area contributed by atoms with Crippen LogP contribution in [0, 0.1) is 17.8 Å². The number of nitrogens with two attached hydrogens (primary N) is 1. The van der Waals surface area contributed by atoms with E-state index in [0.717, 1.165) is 19.3 Å². The fourth-order valence-electron chi connectivity index (χ4n) is 4.80. The van der Waals surface area contributed by atoms with Crippen LogP contribution < -0.4 is 5.73 Å². The summed E-state index contributed by atoms with van der Waals surface area (Å²) in [6.45, 7) is 1.59. The van der Waals surface area contributed by atoms with Crippen LogP contribution >= 0.6 is 0 Å². The molecule has 1 amide bonds. The highest BCUT2D eigenvalue weighted by molar-refractivity contribution is 7.89. The second kappa shape index (κ2) is 6.37. The second-order valence-electron chi connectivity index (χ2n) is 7.48. The molecule has 4 atom stereocenters. The number of nitrogens with zero attached hydrogens (tertiary/aromatic N) is 2. The van der Waals surface area contributed by atoms with E-state index >= 15 is 0 Å². The summed E-state index contributed by atoms with van der Waals surface area (Å²) < 4.78 is 26.8. The largest absolute Gasteiger partial charge is 0.340 e. The minimum Gasteiger partial charge on any atom is -0.340 e. The van der Waals surface area contributed by atoms with Crippen LogP contribution in [0.25, 0.3) is 0 Å². The SMILES string of the molecule is NC1C2CCC(C2)C1C(=O)N1CCN(S(=O)(=O)c2ccccc2)CC1. The van der Waals surface area contributed by atoms with E-state index in [2.05, 4.69) is 0 Å². The van der Waals surface area contributed by atoms with E-state index in [9.17, 15) is 13.2 Å². The van der Waals surface area contributed by atoms with Crippen LogP contribution in [0.5, 0.6) is 0 Å². The zero-order valence-corrected chi connectivity index (χ0v) is 15.1. The Hall–Kier alpha value is -1.44. The number of benzene rings is 1. The fourth-order valence-corrected chi connectivity index (χ4v) is 6.25. The molecule has 4 rings (SSSR count). The highest BCUT2D eigenvalue weighted by Crippen LogP contribution is 2.48. The molecular formula is C18H25N3O3S. The molecule has 7 heteroatoms. The standard InChI is InChI=1S/C18H25N3O3S/c19-17-14-7-6-13(12-14)16(17)18(22)20-8-10-21(11-9-20)25(23,24)15-4-2-1-3-5-15/h1-5,13-14,16-17H,6-12,19H2. The molecule has 2 saturated carbocycles. The molecule has 1 aliphatic heterocycles. The van der Waals surface area contributed by atoms with E-state index < -0.39 is 10.0 Å². The van der Waals surface area contributed by atoms with Crippen molar-refractivity contribution in [1.82, 2.24) is 9.21 Å². The van der Waals surface area contributed by atoms with Gasteiger partial charge in [-0.2, -0.15) is 4.31 Å². The van der Waals surface area contributed by atoms with Crippen molar-refractivity contribution in [2.75, 3.05) is 26.2 Å². The minimum absolute atomic E-state index is 0.0164. The Morgan fingerprint density at radius 2 is 1.64 bits per heavy atom. The summed E-state index contributed by atoms with van der Waals surface area (Å²) in [6, 6.07) is 8.46. The van der Waals surface area contributed by atoms with Crippen molar-refractivity contribution in [2.45, 2.75) is 30.2 Å². The quantitative estimate of drug-likeness (QED) is 0.865. The Balaban J connectivity index is 1.41. The Labute approximate surface area is 149 Å². The predicted molar refractivity (Wildman–Crippen MR) is 94.1 cm³/mol. The van der Waals surface area contributed by atoms with Crippen LogP contribution in [-0.2, 0) is 14.8 Å². The van der Waals surface area contributed by atoms with Crippen LogP contribution in [0.15, 0.2) is 35.2 Å². The molecule has 0 spiro atoms.